The largest absolute Gasteiger partial charge is 0.433 e. The average Bonchev–Trinajstić information content (AvgIpc) is 2.73. The van der Waals surface area contributed by atoms with Gasteiger partial charge in [-0.05, 0) is 31.2 Å². The van der Waals surface area contributed by atoms with Crippen LogP contribution >= 0.6 is 0 Å². The second kappa shape index (κ2) is 7.51. The van der Waals surface area contributed by atoms with Gasteiger partial charge in [0, 0.05) is 34.6 Å². The van der Waals surface area contributed by atoms with Crippen LogP contribution in [0.2, 0.25) is 0 Å². The van der Waals surface area contributed by atoms with Crippen LogP contribution in [0.4, 0.5) is 18.9 Å². The summed E-state index contributed by atoms with van der Waals surface area (Å²) in [6.45, 7) is 1.69. The van der Waals surface area contributed by atoms with Crippen molar-refractivity contribution < 1.29 is 18.0 Å². The summed E-state index contributed by atoms with van der Waals surface area (Å²) in [5.41, 5.74) is 1.52. The summed E-state index contributed by atoms with van der Waals surface area (Å²) in [4.78, 5) is 28.7. The quantitative estimate of drug-likeness (QED) is 0.532. The van der Waals surface area contributed by atoms with Crippen molar-refractivity contribution in [2.75, 3.05) is 5.32 Å². The number of benzene rings is 1. The van der Waals surface area contributed by atoms with Crippen LogP contribution in [0.3, 0.4) is 0 Å². The lowest BCUT2D eigenvalue weighted by Gasteiger charge is -2.12. The second-order valence-corrected chi connectivity index (χ2v) is 6.45. The molecule has 30 heavy (non-hydrogen) atoms. The van der Waals surface area contributed by atoms with Crippen LogP contribution in [0.15, 0.2) is 61.2 Å². The molecule has 150 valence electrons. The molecule has 1 aromatic carbocycles. The minimum atomic E-state index is -4.61. The standard InChI is InChI=1S/C21H14F3N5O/c1-12-18(15-4-2-6-16-14(15)5-3-8-25-16)27-11-28-19(12)20(30)29-13-7-9-26-17(10-13)21(22,23)24/h2-11H,1H3,(H,26,29,30). The Hall–Kier alpha value is -3.88. The molecule has 1 amide bonds. The van der Waals surface area contributed by atoms with E-state index in [9.17, 15) is 18.0 Å². The molecule has 0 bridgehead atoms. The van der Waals surface area contributed by atoms with E-state index in [2.05, 4.69) is 25.3 Å². The molecule has 0 saturated carbocycles. The Labute approximate surface area is 168 Å². The number of fused-ring (bicyclic) bond motifs is 1. The number of carbonyl (C=O) groups excluding carboxylic acids is 1. The zero-order valence-corrected chi connectivity index (χ0v) is 15.6. The maximum atomic E-state index is 12.9. The highest BCUT2D eigenvalue weighted by Gasteiger charge is 2.32. The van der Waals surface area contributed by atoms with Crippen LogP contribution in [0, 0.1) is 6.92 Å². The van der Waals surface area contributed by atoms with Gasteiger partial charge in [-0.3, -0.25) is 14.8 Å². The molecule has 0 unspecified atom stereocenters. The summed E-state index contributed by atoms with van der Waals surface area (Å²) < 4.78 is 38.6. The number of halogens is 3. The topological polar surface area (TPSA) is 80.7 Å². The number of hydrogen-bond acceptors (Lipinski definition) is 5. The lowest BCUT2D eigenvalue weighted by Crippen LogP contribution is -2.17. The van der Waals surface area contributed by atoms with Crippen LogP contribution in [-0.4, -0.2) is 25.8 Å². The summed E-state index contributed by atoms with van der Waals surface area (Å²) in [5, 5.41) is 3.30. The Bertz CT molecular complexity index is 1250. The first-order chi connectivity index (χ1) is 14.3. The zero-order chi connectivity index (χ0) is 21.3. The predicted octanol–water partition coefficient (Wildman–Crippen LogP) is 4.67. The van der Waals surface area contributed by atoms with Crippen LogP contribution in [0.5, 0.6) is 0 Å². The number of amides is 1. The Morgan fingerprint density at radius 2 is 1.80 bits per heavy atom. The number of pyridine rings is 2. The monoisotopic (exact) mass is 409 g/mol. The van der Waals surface area contributed by atoms with E-state index in [0.29, 0.717) is 11.3 Å². The molecule has 3 heterocycles. The maximum Gasteiger partial charge on any atom is 0.433 e. The fourth-order valence-corrected chi connectivity index (χ4v) is 3.11. The second-order valence-electron chi connectivity index (χ2n) is 6.45. The third-order valence-corrected chi connectivity index (χ3v) is 4.51. The molecule has 9 heteroatoms. The van der Waals surface area contributed by atoms with Gasteiger partial charge in [0.1, 0.15) is 17.7 Å². The molecule has 0 aliphatic rings. The number of nitrogens with one attached hydrogen (secondary N) is 1. The van der Waals surface area contributed by atoms with Gasteiger partial charge in [0.25, 0.3) is 5.91 Å². The van der Waals surface area contributed by atoms with Gasteiger partial charge in [-0.15, -0.1) is 0 Å². The van der Waals surface area contributed by atoms with Gasteiger partial charge in [-0.1, -0.05) is 18.2 Å². The maximum absolute atomic E-state index is 12.9. The van der Waals surface area contributed by atoms with E-state index in [1.807, 2.05) is 24.3 Å². The van der Waals surface area contributed by atoms with Crippen molar-refractivity contribution in [2.24, 2.45) is 0 Å². The first-order valence-corrected chi connectivity index (χ1v) is 8.85. The van der Waals surface area contributed by atoms with Crippen molar-refractivity contribution in [1.82, 2.24) is 19.9 Å². The molecule has 3 aromatic heterocycles. The van der Waals surface area contributed by atoms with E-state index < -0.39 is 17.8 Å². The molecule has 0 atom stereocenters. The summed E-state index contributed by atoms with van der Waals surface area (Å²) in [5.74, 6) is -0.645. The van der Waals surface area contributed by atoms with E-state index in [1.165, 1.54) is 12.4 Å². The number of nitrogens with zero attached hydrogens (tertiary/aromatic N) is 4. The highest BCUT2D eigenvalue weighted by molar-refractivity contribution is 6.05. The van der Waals surface area contributed by atoms with Gasteiger partial charge in [-0.2, -0.15) is 13.2 Å². The van der Waals surface area contributed by atoms with Crippen molar-refractivity contribution >= 4 is 22.5 Å². The van der Waals surface area contributed by atoms with E-state index in [4.69, 9.17) is 0 Å². The molecule has 0 spiro atoms. The molecule has 0 aliphatic carbocycles. The van der Waals surface area contributed by atoms with Crippen molar-refractivity contribution in [2.45, 2.75) is 13.1 Å². The van der Waals surface area contributed by atoms with Crippen molar-refractivity contribution in [3.05, 3.63) is 78.1 Å². The summed E-state index contributed by atoms with van der Waals surface area (Å²) in [6.07, 6.45) is -0.692. The van der Waals surface area contributed by atoms with E-state index in [1.54, 1.807) is 19.2 Å². The lowest BCUT2D eigenvalue weighted by atomic mass is 10.0. The van der Waals surface area contributed by atoms with Gasteiger partial charge < -0.3 is 5.32 Å². The zero-order valence-electron chi connectivity index (χ0n) is 15.6. The van der Waals surface area contributed by atoms with Crippen LogP contribution in [0.1, 0.15) is 21.7 Å². The molecule has 1 N–H and O–H groups in total. The Kier molecular flexibility index (Phi) is 4.86. The number of hydrogen-bond donors (Lipinski definition) is 1. The van der Waals surface area contributed by atoms with Gasteiger partial charge in [0.2, 0.25) is 0 Å². The minimum absolute atomic E-state index is 0.0313. The Morgan fingerprint density at radius 3 is 2.60 bits per heavy atom. The number of anilines is 1. The highest BCUT2D eigenvalue weighted by atomic mass is 19.4. The summed E-state index contributed by atoms with van der Waals surface area (Å²) in [6, 6.07) is 11.3. The fraction of sp³-hybridized carbons (Fsp3) is 0.0952. The fourth-order valence-electron chi connectivity index (χ4n) is 3.11. The summed E-state index contributed by atoms with van der Waals surface area (Å²) in [7, 11) is 0. The van der Waals surface area contributed by atoms with Gasteiger partial charge >= 0.3 is 6.18 Å². The molecule has 4 aromatic rings. The van der Waals surface area contributed by atoms with Crippen LogP contribution < -0.4 is 5.32 Å². The van der Waals surface area contributed by atoms with Crippen LogP contribution in [-0.2, 0) is 6.18 Å². The SMILES string of the molecule is Cc1c(C(=O)Nc2ccnc(C(F)(F)F)c2)ncnc1-c1cccc2ncccc12. The smallest absolute Gasteiger partial charge is 0.321 e. The number of carbonyl (C=O) groups is 1. The van der Waals surface area contributed by atoms with Crippen LogP contribution in [0.25, 0.3) is 22.2 Å². The third kappa shape index (κ3) is 3.69. The Balaban J connectivity index is 1.71. The molecule has 0 radical (unpaired) electrons. The normalized spacial score (nSPS) is 11.5. The molecular formula is C21H14F3N5O. The van der Waals surface area contributed by atoms with E-state index >= 15 is 0 Å². The van der Waals surface area contributed by atoms with Gasteiger partial charge in [-0.25, -0.2) is 9.97 Å². The first-order valence-electron chi connectivity index (χ1n) is 8.85. The van der Waals surface area contributed by atoms with Gasteiger partial charge in [0.05, 0.1) is 11.2 Å². The number of alkyl halides is 3. The molecular weight excluding hydrogens is 395 g/mol. The average molecular weight is 409 g/mol. The van der Waals surface area contributed by atoms with Crippen molar-refractivity contribution in [3.8, 4) is 11.3 Å². The molecule has 0 saturated heterocycles. The molecule has 0 fully saturated rings. The van der Waals surface area contributed by atoms with Gasteiger partial charge in [0.15, 0.2) is 0 Å². The molecule has 4 rings (SSSR count). The van der Waals surface area contributed by atoms with Crippen molar-refractivity contribution in [1.29, 1.82) is 0 Å². The molecule has 6 nitrogen and oxygen atoms in total. The minimum Gasteiger partial charge on any atom is -0.321 e. The molecule has 0 aliphatic heterocycles. The predicted molar refractivity (Wildman–Crippen MR) is 105 cm³/mol. The number of rotatable bonds is 3. The highest BCUT2D eigenvalue weighted by Crippen LogP contribution is 2.30. The lowest BCUT2D eigenvalue weighted by molar-refractivity contribution is -0.141. The van der Waals surface area contributed by atoms with Crippen molar-refractivity contribution in [3.63, 3.8) is 0 Å². The summed E-state index contributed by atoms with van der Waals surface area (Å²) >= 11 is 0. The van der Waals surface area contributed by atoms with E-state index in [-0.39, 0.29) is 11.4 Å². The van der Waals surface area contributed by atoms with E-state index in [0.717, 1.165) is 28.7 Å². The number of aromatic nitrogens is 4. The first kappa shape index (κ1) is 19.4. The Morgan fingerprint density at radius 1 is 0.967 bits per heavy atom. The third-order valence-electron chi connectivity index (χ3n) is 4.51.